The summed E-state index contributed by atoms with van der Waals surface area (Å²) in [6.45, 7) is 0. The van der Waals surface area contributed by atoms with Crippen LogP contribution < -0.4 is 16.4 Å². The molecule has 0 bridgehead atoms. The topological polar surface area (TPSA) is 67.2 Å². The van der Waals surface area contributed by atoms with E-state index in [2.05, 4.69) is 10.6 Å². The first kappa shape index (κ1) is 14.5. The normalized spacial score (nSPS) is 10.2. The first-order chi connectivity index (χ1) is 9.52. The molecule has 104 valence electrons. The highest BCUT2D eigenvalue weighted by Crippen LogP contribution is 2.33. The van der Waals surface area contributed by atoms with Crippen LogP contribution in [-0.4, -0.2) is 13.0 Å². The monoisotopic (exact) mass is 309 g/mol. The van der Waals surface area contributed by atoms with E-state index in [-0.39, 0.29) is 5.91 Å². The van der Waals surface area contributed by atoms with Crippen LogP contribution in [0.15, 0.2) is 36.4 Å². The van der Waals surface area contributed by atoms with Gasteiger partial charge in [0.05, 0.1) is 27.0 Å². The first-order valence-electron chi connectivity index (χ1n) is 5.85. The van der Waals surface area contributed by atoms with Crippen molar-refractivity contribution in [2.45, 2.75) is 0 Å². The molecule has 0 spiro atoms. The van der Waals surface area contributed by atoms with Crippen molar-refractivity contribution in [1.29, 1.82) is 0 Å². The zero-order valence-electron chi connectivity index (χ0n) is 10.7. The molecule has 0 atom stereocenters. The van der Waals surface area contributed by atoms with E-state index < -0.39 is 0 Å². The predicted molar refractivity (Wildman–Crippen MR) is 84.0 cm³/mol. The van der Waals surface area contributed by atoms with Gasteiger partial charge in [0.25, 0.3) is 5.91 Å². The molecule has 0 heterocycles. The second-order valence-electron chi connectivity index (χ2n) is 4.11. The van der Waals surface area contributed by atoms with E-state index >= 15 is 0 Å². The minimum atomic E-state index is -0.217. The van der Waals surface area contributed by atoms with Crippen LogP contribution in [0.1, 0.15) is 10.4 Å². The van der Waals surface area contributed by atoms with Crippen molar-refractivity contribution < 1.29 is 4.79 Å². The lowest BCUT2D eigenvalue weighted by Gasteiger charge is -2.13. The number of amides is 1. The Bertz CT molecular complexity index is 659. The molecule has 0 saturated carbocycles. The molecule has 0 saturated heterocycles. The number of nitrogens with one attached hydrogen (secondary N) is 2. The lowest BCUT2D eigenvalue weighted by Crippen LogP contribution is -2.19. The SMILES string of the molecule is CNC(=O)c1ccc(N)cc1Nc1cccc(Cl)c1Cl. The zero-order valence-corrected chi connectivity index (χ0v) is 12.2. The van der Waals surface area contributed by atoms with Crippen LogP contribution in [0, 0.1) is 0 Å². The van der Waals surface area contributed by atoms with E-state index in [0.29, 0.717) is 32.7 Å². The highest BCUT2D eigenvalue weighted by molar-refractivity contribution is 6.43. The van der Waals surface area contributed by atoms with Gasteiger partial charge in [-0.15, -0.1) is 0 Å². The van der Waals surface area contributed by atoms with Gasteiger partial charge in [0.1, 0.15) is 0 Å². The van der Waals surface area contributed by atoms with Gasteiger partial charge in [0.15, 0.2) is 0 Å². The molecule has 20 heavy (non-hydrogen) atoms. The van der Waals surface area contributed by atoms with Crippen molar-refractivity contribution >= 4 is 46.2 Å². The van der Waals surface area contributed by atoms with Gasteiger partial charge < -0.3 is 16.4 Å². The predicted octanol–water partition coefficient (Wildman–Crippen LogP) is 3.68. The van der Waals surface area contributed by atoms with E-state index in [1.165, 1.54) is 0 Å². The molecule has 0 radical (unpaired) electrons. The number of hydrogen-bond acceptors (Lipinski definition) is 3. The van der Waals surface area contributed by atoms with Crippen molar-refractivity contribution in [3.05, 3.63) is 52.0 Å². The van der Waals surface area contributed by atoms with Crippen molar-refractivity contribution in [1.82, 2.24) is 5.32 Å². The molecule has 0 aliphatic heterocycles. The second-order valence-corrected chi connectivity index (χ2v) is 4.90. The van der Waals surface area contributed by atoms with Crippen molar-refractivity contribution in [2.75, 3.05) is 18.1 Å². The highest BCUT2D eigenvalue weighted by atomic mass is 35.5. The molecule has 0 aliphatic carbocycles. The van der Waals surface area contributed by atoms with Crippen LogP contribution >= 0.6 is 23.2 Å². The van der Waals surface area contributed by atoms with Gasteiger partial charge in [0, 0.05) is 12.7 Å². The Hall–Kier alpha value is -1.91. The summed E-state index contributed by atoms with van der Waals surface area (Å²) in [5, 5.41) is 6.48. The summed E-state index contributed by atoms with van der Waals surface area (Å²) in [6, 6.07) is 10.2. The summed E-state index contributed by atoms with van der Waals surface area (Å²) < 4.78 is 0. The second kappa shape index (κ2) is 6.03. The van der Waals surface area contributed by atoms with E-state index in [0.717, 1.165) is 0 Å². The minimum Gasteiger partial charge on any atom is -0.399 e. The van der Waals surface area contributed by atoms with Crippen LogP contribution in [0.25, 0.3) is 0 Å². The summed E-state index contributed by atoms with van der Waals surface area (Å²) >= 11 is 12.1. The van der Waals surface area contributed by atoms with Gasteiger partial charge >= 0.3 is 0 Å². The summed E-state index contributed by atoms with van der Waals surface area (Å²) in [5.74, 6) is -0.217. The lowest BCUT2D eigenvalue weighted by molar-refractivity contribution is 0.0964. The van der Waals surface area contributed by atoms with Crippen molar-refractivity contribution in [3.8, 4) is 0 Å². The maximum absolute atomic E-state index is 11.8. The fourth-order valence-corrected chi connectivity index (χ4v) is 2.09. The van der Waals surface area contributed by atoms with Gasteiger partial charge in [-0.25, -0.2) is 0 Å². The third kappa shape index (κ3) is 2.98. The summed E-state index contributed by atoms with van der Waals surface area (Å²) in [7, 11) is 1.56. The van der Waals surface area contributed by atoms with Crippen LogP contribution in [0.3, 0.4) is 0 Å². The molecule has 2 aromatic rings. The molecule has 0 unspecified atom stereocenters. The molecule has 0 aromatic heterocycles. The Balaban J connectivity index is 2.44. The molecule has 2 rings (SSSR count). The number of nitrogen functional groups attached to an aromatic ring is 1. The average molecular weight is 310 g/mol. The Morgan fingerprint density at radius 1 is 1.15 bits per heavy atom. The number of nitrogens with two attached hydrogens (primary N) is 1. The molecular weight excluding hydrogens is 297 g/mol. The summed E-state index contributed by atoms with van der Waals surface area (Å²) in [6.07, 6.45) is 0. The Kier molecular flexibility index (Phi) is 4.37. The smallest absolute Gasteiger partial charge is 0.253 e. The van der Waals surface area contributed by atoms with Crippen molar-refractivity contribution in [3.63, 3.8) is 0 Å². The largest absolute Gasteiger partial charge is 0.399 e. The third-order valence-electron chi connectivity index (χ3n) is 2.74. The van der Waals surface area contributed by atoms with E-state index in [9.17, 15) is 4.79 Å². The molecule has 0 fully saturated rings. The van der Waals surface area contributed by atoms with Gasteiger partial charge in [-0.05, 0) is 30.3 Å². The lowest BCUT2D eigenvalue weighted by atomic mass is 10.1. The molecule has 6 heteroatoms. The number of carbonyl (C=O) groups is 1. The quantitative estimate of drug-likeness (QED) is 0.758. The van der Waals surface area contributed by atoms with E-state index in [1.807, 2.05) is 0 Å². The van der Waals surface area contributed by atoms with Gasteiger partial charge in [-0.1, -0.05) is 29.3 Å². The molecule has 4 N–H and O–H groups in total. The molecular formula is C14H13Cl2N3O. The van der Waals surface area contributed by atoms with Crippen LogP contribution in [0.2, 0.25) is 10.0 Å². The summed E-state index contributed by atoms with van der Waals surface area (Å²) in [4.78, 5) is 11.8. The maximum Gasteiger partial charge on any atom is 0.253 e. The third-order valence-corrected chi connectivity index (χ3v) is 3.56. The number of anilines is 3. The average Bonchev–Trinajstić information content (AvgIpc) is 2.43. The van der Waals surface area contributed by atoms with Gasteiger partial charge in [-0.3, -0.25) is 4.79 Å². The van der Waals surface area contributed by atoms with Gasteiger partial charge in [0.2, 0.25) is 0 Å². The number of halogens is 2. The van der Waals surface area contributed by atoms with Crippen molar-refractivity contribution in [2.24, 2.45) is 0 Å². The fourth-order valence-electron chi connectivity index (χ4n) is 1.74. The maximum atomic E-state index is 11.8. The number of carbonyl (C=O) groups excluding carboxylic acids is 1. The van der Waals surface area contributed by atoms with E-state index in [4.69, 9.17) is 28.9 Å². The number of benzene rings is 2. The molecule has 1 amide bonds. The Morgan fingerprint density at radius 3 is 2.60 bits per heavy atom. The van der Waals surface area contributed by atoms with Gasteiger partial charge in [-0.2, -0.15) is 0 Å². The van der Waals surface area contributed by atoms with Crippen LogP contribution in [0.4, 0.5) is 17.1 Å². The van der Waals surface area contributed by atoms with E-state index in [1.54, 1.807) is 43.4 Å². The fraction of sp³-hybridized carbons (Fsp3) is 0.0714. The Labute approximate surface area is 126 Å². The summed E-state index contributed by atoms with van der Waals surface area (Å²) in [5.41, 5.74) is 7.94. The molecule has 4 nitrogen and oxygen atoms in total. The highest BCUT2D eigenvalue weighted by Gasteiger charge is 2.12. The van der Waals surface area contributed by atoms with Crippen LogP contribution in [-0.2, 0) is 0 Å². The first-order valence-corrected chi connectivity index (χ1v) is 6.61. The standard InChI is InChI=1S/C14H13Cl2N3O/c1-18-14(20)9-6-5-8(17)7-12(9)19-11-4-2-3-10(15)13(11)16/h2-7,19H,17H2,1H3,(H,18,20). The van der Waals surface area contributed by atoms with Crippen LogP contribution in [0.5, 0.6) is 0 Å². The minimum absolute atomic E-state index is 0.217. The number of hydrogen-bond donors (Lipinski definition) is 3. The molecule has 0 aliphatic rings. The number of rotatable bonds is 3. The zero-order chi connectivity index (χ0) is 14.7. The Morgan fingerprint density at radius 2 is 1.90 bits per heavy atom. The molecule has 2 aromatic carbocycles.